The number of phenols is 1. The first-order valence-corrected chi connectivity index (χ1v) is 9.31. The summed E-state index contributed by atoms with van der Waals surface area (Å²) in [4.78, 5) is 37.2. The van der Waals surface area contributed by atoms with Gasteiger partial charge in [-0.15, -0.1) is 5.10 Å². The number of nitrogens with zero attached hydrogens (tertiary/aromatic N) is 3. The number of rotatable bonds is 6. The minimum absolute atomic E-state index is 0.00399. The molecule has 0 spiro atoms. The summed E-state index contributed by atoms with van der Waals surface area (Å²) in [6.45, 7) is 3.41. The fourth-order valence-corrected chi connectivity index (χ4v) is 3.16. The molecule has 3 aromatic rings. The second kappa shape index (κ2) is 8.73. The molecule has 0 saturated heterocycles. The van der Waals surface area contributed by atoms with E-state index in [9.17, 15) is 19.5 Å². The van der Waals surface area contributed by atoms with Gasteiger partial charge in [0.1, 0.15) is 11.3 Å². The maximum absolute atomic E-state index is 12.5. The minimum Gasteiger partial charge on any atom is -0.507 e. The summed E-state index contributed by atoms with van der Waals surface area (Å²) >= 11 is 0. The molecule has 0 aliphatic rings. The van der Waals surface area contributed by atoms with Crippen molar-refractivity contribution in [2.24, 2.45) is 0 Å². The summed E-state index contributed by atoms with van der Waals surface area (Å²) < 4.78 is 5.93. The van der Waals surface area contributed by atoms with Crippen LogP contribution in [-0.2, 0) is 20.9 Å². The molecule has 1 heterocycles. The molecule has 0 bridgehead atoms. The zero-order chi connectivity index (χ0) is 21.8. The van der Waals surface area contributed by atoms with Crippen LogP contribution in [0, 0.1) is 13.8 Å². The highest BCUT2D eigenvalue weighted by Gasteiger charge is 2.25. The first-order chi connectivity index (χ1) is 14.3. The van der Waals surface area contributed by atoms with Crippen LogP contribution in [0.1, 0.15) is 29.2 Å². The van der Waals surface area contributed by atoms with Crippen molar-refractivity contribution in [3.05, 3.63) is 63.4 Å². The number of benzene rings is 2. The zero-order valence-electron chi connectivity index (χ0n) is 16.9. The van der Waals surface area contributed by atoms with Crippen LogP contribution >= 0.6 is 0 Å². The van der Waals surface area contributed by atoms with Crippen molar-refractivity contribution >= 4 is 22.8 Å². The molecule has 0 aliphatic carbocycles. The van der Waals surface area contributed by atoms with Crippen molar-refractivity contribution in [2.45, 2.75) is 32.9 Å². The van der Waals surface area contributed by atoms with Crippen LogP contribution in [0.25, 0.3) is 10.9 Å². The summed E-state index contributed by atoms with van der Waals surface area (Å²) in [5.41, 5.74) is 1.78. The van der Waals surface area contributed by atoms with E-state index in [1.54, 1.807) is 50.2 Å². The molecular formula is C21H22N4O5. The highest BCUT2D eigenvalue weighted by atomic mass is 16.5. The molecule has 1 atom stereocenters. The number of hydrogen-bond acceptors (Lipinski definition) is 7. The van der Waals surface area contributed by atoms with Crippen molar-refractivity contribution in [2.75, 3.05) is 7.11 Å². The first kappa shape index (κ1) is 21.0. The predicted molar refractivity (Wildman–Crippen MR) is 109 cm³/mol. The van der Waals surface area contributed by atoms with Gasteiger partial charge in [-0.25, -0.2) is 9.48 Å². The van der Waals surface area contributed by atoms with Crippen LogP contribution in [0.4, 0.5) is 0 Å². The van der Waals surface area contributed by atoms with Crippen molar-refractivity contribution in [3.8, 4) is 5.75 Å². The van der Waals surface area contributed by atoms with E-state index in [4.69, 9.17) is 4.74 Å². The lowest BCUT2D eigenvalue weighted by Crippen LogP contribution is -2.36. The highest BCUT2D eigenvalue weighted by Crippen LogP contribution is 2.26. The third-order valence-corrected chi connectivity index (χ3v) is 4.77. The molecule has 3 rings (SSSR count). The smallest absolute Gasteiger partial charge is 0.333 e. The Kier molecular flexibility index (Phi) is 6.10. The Morgan fingerprint density at radius 2 is 1.87 bits per heavy atom. The van der Waals surface area contributed by atoms with Crippen LogP contribution in [0.2, 0.25) is 0 Å². The van der Waals surface area contributed by atoms with E-state index in [0.717, 1.165) is 4.68 Å². The van der Waals surface area contributed by atoms with E-state index >= 15 is 0 Å². The minimum atomic E-state index is -1.04. The van der Waals surface area contributed by atoms with E-state index < -0.39 is 17.9 Å². The van der Waals surface area contributed by atoms with Crippen LogP contribution in [0.5, 0.6) is 5.75 Å². The van der Waals surface area contributed by atoms with Crippen molar-refractivity contribution < 1.29 is 19.4 Å². The molecule has 30 heavy (non-hydrogen) atoms. The largest absolute Gasteiger partial charge is 0.507 e. The van der Waals surface area contributed by atoms with E-state index in [1.165, 1.54) is 7.11 Å². The Morgan fingerprint density at radius 1 is 1.20 bits per heavy atom. The lowest BCUT2D eigenvalue weighted by atomic mass is 10.00. The quantitative estimate of drug-likeness (QED) is 0.591. The van der Waals surface area contributed by atoms with Crippen LogP contribution in [-0.4, -0.2) is 39.1 Å². The molecule has 0 saturated carbocycles. The summed E-state index contributed by atoms with van der Waals surface area (Å²) in [7, 11) is 1.23. The average molecular weight is 410 g/mol. The Labute approximate surface area is 172 Å². The fraction of sp³-hybridized carbons (Fsp3) is 0.286. The summed E-state index contributed by atoms with van der Waals surface area (Å²) in [6.07, 6.45) is -0.0868. The van der Waals surface area contributed by atoms with Gasteiger partial charge in [-0.05, 0) is 54.8 Å². The number of amides is 1. The topological polar surface area (TPSA) is 123 Å². The number of carbonyl (C=O) groups is 2. The number of esters is 1. The molecular weight excluding hydrogens is 388 g/mol. The maximum atomic E-state index is 12.5. The SMILES string of the molecule is COC(=O)[C@@H](NC(=O)CCn1nnc2ccccc2c1=O)c1cc(C)c(O)c(C)c1. The second-order valence-corrected chi connectivity index (χ2v) is 6.91. The van der Waals surface area contributed by atoms with E-state index in [1.807, 2.05) is 0 Å². The maximum Gasteiger partial charge on any atom is 0.333 e. The Balaban J connectivity index is 1.76. The molecule has 0 radical (unpaired) electrons. The fourth-order valence-electron chi connectivity index (χ4n) is 3.16. The number of nitrogens with one attached hydrogen (secondary N) is 1. The number of phenolic OH excluding ortho intramolecular Hbond substituents is 1. The van der Waals surface area contributed by atoms with Gasteiger partial charge in [-0.2, -0.15) is 0 Å². The first-order valence-electron chi connectivity index (χ1n) is 9.31. The third kappa shape index (κ3) is 4.29. The number of carbonyl (C=O) groups excluding carboxylic acids is 2. The number of aryl methyl sites for hydroxylation is 3. The number of aromatic nitrogens is 3. The average Bonchev–Trinajstić information content (AvgIpc) is 2.74. The molecule has 9 heteroatoms. The lowest BCUT2D eigenvalue weighted by Gasteiger charge is -2.18. The monoisotopic (exact) mass is 410 g/mol. The summed E-state index contributed by atoms with van der Waals surface area (Å²) in [5, 5.41) is 20.8. The Hall–Kier alpha value is -3.75. The van der Waals surface area contributed by atoms with Crippen molar-refractivity contribution in [1.29, 1.82) is 0 Å². The molecule has 156 valence electrons. The molecule has 2 aromatic carbocycles. The molecule has 9 nitrogen and oxygen atoms in total. The molecule has 2 N–H and O–H groups in total. The van der Waals surface area contributed by atoms with Gasteiger partial charge in [0.2, 0.25) is 5.91 Å². The van der Waals surface area contributed by atoms with Crippen LogP contribution < -0.4 is 10.9 Å². The zero-order valence-corrected chi connectivity index (χ0v) is 16.9. The van der Waals surface area contributed by atoms with Crippen LogP contribution in [0.15, 0.2) is 41.2 Å². The molecule has 0 aliphatic heterocycles. The van der Waals surface area contributed by atoms with Crippen molar-refractivity contribution in [1.82, 2.24) is 20.3 Å². The lowest BCUT2D eigenvalue weighted by molar-refractivity contribution is -0.145. The predicted octanol–water partition coefficient (Wildman–Crippen LogP) is 1.53. The Bertz CT molecular complexity index is 1150. The van der Waals surface area contributed by atoms with E-state index in [2.05, 4.69) is 15.6 Å². The Morgan fingerprint density at radius 3 is 2.53 bits per heavy atom. The van der Waals surface area contributed by atoms with Gasteiger partial charge in [0.15, 0.2) is 6.04 Å². The van der Waals surface area contributed by atoms with Gasteiger partial charge in [-0.1, -0.05) is 17.3 Å². The van der Waals surface area contributed by atoms with Gasteiger partial charge in [0, 0.05) is 6.42 Å². The molecule has 1 aromatic heterocycles. The third-order valence-electron chi connectivity index (χ3n) is 4.77. The molecule has 0 fully saturated rings. The standard InChI is InChI=1S/C21H22N4O5/c1-12-10-14(11-13(2)19(12)27)18(21(29)30-3)22-17(26)8-9-25-20(28)15-6-4-5-7-16(15)23-24-25/h4-7,10-11,18,27H,8-9H2,1-3H3,(H,22,26)/t18-/m0/s1. The number of methoxy groups -OCH3 is 1. The van der Waals surface area contributed by atoms with Gasteiger partial charge in [0.05, 0.1) is 19.0 Å². The van der Waals surface area contributed by atoms with Gasteiger partial charge < -0.3 is 15.2 Å². The van der Waals surface area contributed by atoms with Gasteiger partial charge >= 0.3 is 5.97 Å². The second-order valence-electron chi connectivity index (χ2n) is 6.91. The van der Waals surface area contributed by atoms with Crippen LogP contribution in [0.3, 0.4) is 0 Å². The van der Waals surface area contributed by atoms with E-state index in [-0.39, 0.29) is 24.3 Å². The highest BCUT2D eigenvalue weighted by molar-refractivity contribution is 5.85. The number of fused-ring (bicyclic) bond motifs is 1. The van der Waals surface area contributed by atoms with E-state index in [0.29, 0.717) is 27.6 Å². The van der Waals surface area contributed by atoms with Gasteiger partial charge in [0.25, 0.3) is 5.56 Å². The number of ether oxygens (including phenoxy) is 1. The number of aromatic hydroxyl groups is 1. The summed E-state index contributed by atoms with van der Waals surface area (Å²) in [6, 6.07) is 9.00. The summed E-state index contributed by atoms with van der Waals surface area (Å²) in [5.74, 6) is -0.978. The number of hydrogen-bond donors (Lipinski definition) is 2. The molecule has 0 unspecified atom stereocenters. The van der Waals surface area contributed by atoms with Gasteiger partial charge in [-0.3, -0.25) is 9.59 Å². The van der Waals surface area contributed by atoms with Crippen molar-refractivity contribution in [3.63, 3.8) is 0 Å². The normalized spacial score (nSPS) is 11.8. The molecule has 1 amide bonds.